The van der Waals surface area contributed by atoms with Gasteiger partial charge in [-0.15, -0.1) is 0 Å². The lowest BCUT2D eigenvalue weighted by Gasteiger charge is -2.32. The van der Waals surface area contributed by atoms with Crippen LogP contribution in [0.15, 0.2) is 0 Å². The maximum Gasteiger partial charge on any atom is 0.339 e. The molecule has 1 aliphatic carbocycles. The van der Waals surface area contributed by atoms with Crippen molar-refractivity contribution in [2.45, 2.75) is 62.9 Å². The van der Waals surface area contributed by atoms with Gasteiger partial charge in [0.25, 0.3) is 0 Å². The van der Waals surface area contributed by atoms with E-state index in [0.717, 1.165) is 19.3 Å². The van der Waals surface area contributed by atoms with Crippen LogP contribution in [-0.2, 0) is 19.1 Å². The van der Waals surface area contributed by atoms with E-state index >= 15 is 0 Å². The van der Waals surface area contributed by atoms with E-state index in [4.69, 9.17) is 9.47 Å². The smallest absolute Gasteiger partial charge is 0.339 e. The van der Waals surface area contributed by atoms with Crippen LogP contribution in [-0.4, -0.2) is 39.1 Å². The first-order valence-corrected chi connectivity index (χ1v) is 6.13. The van der Waals surface area contributed by atoms with Crippen LogP contribution in [0.2, 0.25) is 0 Å². The molecule has 102 valence electrons. The van der Waals surface area contributed by atoms with Gasteiger partial charge in [-0.3, -0.25) is 0 Å². The van der Waals surface area contributed by atoms with E-state index in [9.17, 15) is 19.8 Å². The van der Waals surface area contributed by atoms with Gasteiger partial charge in [-0.2, -0.15) is 0 Å². The third kappa shape index (κ3) is 1.63. The molecule has 18 heavy (non-hydrogen) atoms. The number of aliphatic carboxylic acids is 2. The summed E-state index contributed by atoms with van der Waals surface area (Å²) >= 11 is 0. The van der Waals surface area contributed by atoms with Crippen LogP contribution in [0.5, 0.6) is 0 Å². The normalized spacial score (nSPS) is 38.8. The zero-order valence-electron chi connectivity index (χ0n) is 10.6. The minimum absolute atomic E-state index is 0.540. The monoisotopic (exact) mass is 258 g/mol. The standard InChI is InChI=1S/C12H18O6/c1-10(8(13)14)11(2,9(15)16)18-12(17-10)6-4-3-5-7-12/h3-7H2,1-2H3,(H,13,14)(H,15,16)/t10-,11-/m0/s1. The van der Waals surface area contributed by atoms with Gasteiger partial charge in [0.1, 0.15) is 0 Å². The molecule has 2 aliphatic rings. The Kier molecular flexibility index (Phi) is 2.90. The topological polar surface area (TPSA) is 93.1 Å². The van der Waals surface area contributed by atoms with Crippen molar-refractivity contribution in [2.24, 2.45) is 0 Å². The third-order valence-corrected chi connectivity index (χ3v) is 4.12. The summed E-state index contributed by atoms with van der Waals surface area (Å²) in [7, 11) is 0. The highest BCUT2D eigenvalue weighted by molar-refractivity contribution is 5.91. The van der Waals surface area contributed by atoms with Crippen LogP contribution in [0.25, 0.3) is 0 Å². The van der Waals surface area contributed by atoms with E-state index in [1.165, 1.54) is 13.8 Å². The first-order valence-electron chi connectivity index (χ1n) is 6.13. The lowest BCUT2D eigenvalue weighted by Crippen LogP contribution is -2.57. The summed E-state index contributed by atoms with van der Waals surface area (Å²) in [6.07, 6.45) is 3.82. The molecule has 2 rings (SSSR count). The Labute approximate surface area is 105 Å². The molecular formula is C12H18O6. The summed E-state index contributed by atoms with van der Waals surface area (Å²) in [5, 5.41) is 18.6. The van der Waals surface area contributed by atoms with E-state index in [1.54, 1.807) is 0 Å². The van der Waals surface area contributed by atoms with E-state index < -0.39 is 28.9 Å². The Morgan fingerprint density at radius 3 is 1.61 bits per heavy atom. The molecule has 1 heterocycles. The molecule has 1 aliphatic heterocycles. The van der Waals surface area contributed by atoms with Crippen molar-refractivity contribution in [2.75, 3.05) is 0 Å². The number of hydrogen-bond acceptors (Lipinski definition) is 4. The minimum Gasteiger partial charge on any atom is -0.479 e. The SMILES string of the molecule is C[C@@]1(C(=O)O)OC2(CCCCC2)O[C@@]1(C)C(=O)O. The van der Waals surface area contributed by atoms with E-state index in [-0.39, 0.29) is 0 Å². The molecular weight excluding hydrogens is 240 g/mol. The molecule has 2 atom stereocenters. The van der Waals surface area contributed by atoms with Crippen molar-refractivity contribution in [3.05, 3.63) is 0 Å². The molecule has 1 saturated carbocycles. The van der Waals surface area contributed by atoms with Gasteiger partial charge in [0.2, 0.25) is 11.2 Å². The van der Waals surface area contributed by atoms with Gasteiger partial charge in [-0.1, -0.05) is 6.42 Å². The van der Waals surface area contributed by atoms with E-state index in [1.807, 2.05) is 0 Å². The second-order valence-electron chi connectivity index (χ2n) is 5.35. The number of carboxylic acids is 2. The molecule has 0 aromatic carbocycles. The predicted molar refractivity (Wildman–Crippen MR) is 60.1 cm³/mol. The maximum atomic E-state index is 11.4. The second kappa shape index (κ2) is 3.93. The van der Waals surface area contributed by atoms with Gasteiger partial charge in [-0.25, -0.2) is 9.59 Å². The highest BCUT2D eigenvalue weighted by Gasteiger charge is 2.69. The molecule has 6 nitrogen and oxygen atoms in total. The third-order valence-electron chi connectivity index (χ3n) is 4.12. The van der Waals surface area contributed by atoms with Crippen LogP contribution in [0.1, 0.15) is 46.0 Å². The Morgan fingerprint density at radius 1 is 0.889 bits per heavy atom. The van der Waals surface area contributed by atoms with Crippen molar-refractivity contribution in [1.29, 1.82) is 0 Å². The Morgan fingerprint density at radius 2 is 1.28 bits per heavy atom. The number of carbonyl (C=O) groups is 2. The molecule has 0 aromatic rings. The minimum atomic E-state index is -1.86. The Bertz CT molecular complexity index is 356. The van der Waals surface area contributed by atoms with Crippen LogP contribution in [0.4, 0.5) is 0 Å². The van der Waals surface area contributed by atoms with Crippen LogP contribution in [0, 0.1) is 0 Å². The average molecular weight is 258 g/mol. The van der Waals surface area contributed by atoms with Gasteiger partial charge < -0.3 is 19.7 Å². The summed E-state index contributed by atoms with van der Waals surface area (Å²) in [6.45, 7) is 2.54. The Balaban J connectivity index is 2.40. The summed E-state index contributed by atoms with van der Waals surface area (Å²) in [6, 6.07) is 0. The van der Waals surface area contributed by atoms with Crippen LogP contribution in [0.3, 0.4) is 0 Å². The van der Waals surface area contributed by atoms with Crippen molar-refractivity contribution in [3.63, 3.8) is 0 Å². The lowest BCUT2D eigenvalue weighted by molar-refractivity contribution is -0.217. The van der Waals surface area contributed by atoms with Gasteiger partial charge >= 0.3 is 11.9 Å². The average Bonchev–Trinajstić information content (AvgIpc) is 2.50. The summed E-state index contributed by atoms with van der Waals surface area (Å²) in [5.74, 6) is -3.68. The number of carboxylic acid groups (broad SMARTS) is 2. The molecule has 0 amide bonds. The highest BCUT2D eigenvalue weighted by atomic mass is 16.8. The molecule has 1 spiro atoms. The summed E-state index contributed by atoms with van der Waals surface area (Å²) in [5.41, 5.74) is -3.73. The predicted octanol–water partition coefficient (Wildman–Crippen LogP) is 1.38. The molecule has 6 heteroatoms. The zero-order chi connectivity index (χ0) is 13.6. The van der Waals surface area contributed by atoms with Gasteiger partial charge in [-0.05, 0) is 26.7 Å². The molecule has 2 N–H and O–H groups in total. The molecule has 0 aromatic heterocycles. The second-order valence-corrected chi connectivity index (χ2v) is 5.35. The molecule has 0 bridgehead atoms. The molecule has 0 unspecified atom stereocenters. The van der Waals surface area contributed by atoms with Crippen LogP contribution >= 0.6 is 0 Å². The highest BCUT2D eigenvalue weighted by Crippen LogP contribution is 2.50. The van der Waals surface area contributed by atoms with Crippen molar-refractivity contribution in [3.8, 4) is 0 Å². The van der Waals surface area contributed by atoms with Crippen LogP contribution < -0.4 is 0 Å². The number of ether oxygens (including phenoxy) is 2. The molecule has 1 saturated heterocycles. The zero-order valence-corrected chi connectivity index (χ0v) is 10.6. The van der Waals surface area contributed by atoms with E-state index in [0.29, 0.717) is 12.8 Å². The van der Waals surface area contributed by atoms with E-state index in [2.05, 4.69) is 0 Å². The maximum absolute atomic E-state index is 11.4. The van der Waals surface area contributed by atoms with Gasteiger partial charge in [0, 0.05) is 12.8 Å². The quantitative estimate of drug-likeness (QED) is 0.777. The van der Waals surface area contributed by atoms with Gasteiger partial charge in [0.05, 0.1) is 0 Å². The summed E-state index contributed by atoms with van der Waals surface area (Å²) < 4.78 is 11.2. The number of rotatable bonds is 2. The Hall–Kier alpha value is -1.14. The van der Waals surface area contributed by atoms with Gasteiger partial charge in [0.15, 0.2) is 5.79 Å². The first-order chi connectivity index (χ1) is 8.26. The number of hydrogen-bond donors (Lipinski definition) is 2. The lowest BCUT2D eigenvalue weighted by atomic mass is 9.86. The largest absolute Gasteiger partial charge is 0.479 e. The molecule has 2 fully saturated rings. The fraction of sp³-hybridized carbons (Fsp3) is 0.833. The van der Waals surface area contributed by atoms with Crippen molar-refractivity contribution >= 4 is 11.9 Å². The fourth-order valence-electron chi connectivity index (χ4n) is 2.75. The first kappa shape index (κ1) is 13.3. The molecule has 0 radical (unpaired) electrons. The fourth-order valence-corrected chi connectivity index (χ4v) is 2.75. The van der Waals surface area contributed by atoms with Crippen molar-refractivity contribution < 1.29 is 29.3 Å². The van der Waals surface area contributed by atoms with Crippen molar-refractivity contribution in [1.82, 2.24) is 0 Å². The summed E-state index contributed by atoms with van der Waals surface area (Å²) in [4.78, 5) is 22.8.